The van der Waals surface area contributed by atoms with Crippen molar-refractivity contribution >= 4 is 23.2 Å². The molecule has 82 valence electrons. The van der Waals surface area contributed by atoms with Crippen molar-refractivity contribution in [1.29, 1.82) is 0 Å². The molecule has 0 spiro atoms. The molecule has 1 amide bonds. The molecule has 0 bridgehead atoms. The highest BCUT2D eigenvalue weighted by molar-refractivity contribution is 7.10. The summed E-state index contributed by atoms with van der Waals surface area (Å²) in [4.78, 5) is 24.3. The van der Waals surface area contributed by atoms with Crippen LogP contribution in [0.5, 0.6) is 0 Å². The van der Waals surface area contributed by atoms with E-state index in [1.54, 1.807) is 18.4 Å². The molecule has 0 saturated carbocycles. The van der Waals surface area contributed by atoms with E-state index in [9.17, 15) is 9.59 Å². The molecule has 0 fully saturated rings. The van der Waals surface area contributed by atoms with E-state index in [0.717, 1.165) is 4.88 Å². The number of rotatable bonds is 4. The third kappa shape index (κ3) is 3.06. The van der Waals surface area contributed by atoms with Crippen molar-refractivity contribution < 1.29 is 14.7 Å². The molecule has 4 nitrogen and oxygen atoms in total. The normalized spacial score (nSPS) is 12.1. The number of carboxylic acids is 1. The second-order valence-electron chi connectivity index (χ2n) is 3.27. The standard InChI is InChI=1S/C10H13NO3S/c1-7(8-4-3-5-15-8)11(2)9(12)6-10(13)14/h3-5,7H,6H2,1-2H3,(H,13,14). The predicted molar refractivity (Wildman–Crippen MR) is 57.8 cm³/mol. The molecule has 1 aromatic heterocycles. The summed E-state index contributed by atoms with van der Waals surface area (Å²) in [5.41, 5.74) is 0. The van der Waals surface area contributed by atoms with Gasteiger partial charge in [0, 0.05) is 11.9 Å². The summed E-state index contributed by atoms with van der Waals surface area (Å²) in [6.07, 6.45) is -0.452. The van der Waals surface area contributed by atoms with Crippen LogP contribution in [-0.2, 0) is 9.59 Å². The van der Waals surface area contributed by atoms with Gasteiger partial charge in [-0.3, -0.25) is 9.59 Å². The van der Waals surface area contributed by atoms with E-state index in [1.807, 2.05) is 24.4 Å². The Morgan fingerprint density at radius 1 is 1.60 bits per heavy atom. The number of nitrogens with zero attached hydrogens (tertiary/aromatic N) is 1. The van der Waals surface area contributed by atoms with Crippen molar-refractivity contribution in [3.8, 4) is 0 Å². The second kappa shape index (κ2) is 4.93. The topological polar surface area (TPSA) is 57.6 Å². The van der Waals surface area contributed by atoms with Crippen molar-refractivity contribution in [3.63, 3.8) is 0 Å². The van der Waals surface area contributed by atoms with Crippen LogP contribution in [0.15, 0.2) is 17.5 Å². The van der Waals surface area contributed by atoms with E-state index in [4.69, 9.17) is 5.11 Å². The van der Waals surface area contributed by atoms with Gasteiger partial charge in [-0.15, -0.1) is 11.3 Å². The zero-order valence-electron chi connectivity index (χ0n) is 8.64. The van der Waals surface area contributed by atoms with Crippen LogP contribution in [0.3, 0.4) is 0 Å². The van der Waals surface area contributed by atoms with Crippen LogP contribution in [0.1, 0.15) is 24.3 Å². The van der Waals surface area contributed by atoms with Crippen LogP contribution >= 0.6 is 11.3 Å². The summed E-state index contributed by atoms with van der Waals surface area (Å²) < 4.78 is 0. The number of thiophene rings is 1. The van der Waals surface area contributed by atoms with E-state index in [0.29, 0.717) is 0 Å². The molecule has 15 heavy (non-hydrogen) atoms. The highest BCUT2D eigenvalue weighted by Crippen LogP contribution is 2.23. The van der Waals surface area contributed by atoms with Gasteiger partial charge >= 0.3 is 5.97 Å². The van der Waals surface area contributed by atoms with Gasteiger partial charge in [0.15, 0.2) is 0 Å². The molecule has 1 N–H and O–H groups in total. The number of carboxylic acid groups (broad SMARTS) is 1. The highest BCUT2D eigenvalue weighted by atomic mass is 32.1. The largest absolute Gasteiger partial charge is 0.481 e. The first-order valence-electron chi connectivity index (χ1n) is 4.53. The summed E-state index contributed by atoms with van der Waals surface area (Å²) >= 11 is 1.55. The molecule has 1 unspecified atom stereocenters. The first-order valence-corrected chi connectivity index (χ1v) is 5.41. The SMILES string of the molecule is CC(c1cccs1)N(C)C(=O)CC(=O)O. The van der Waals surface area contributed by atoms with Crippen molar-refractivity contribution in [1.82, 2.24) is 4.90 Å². The first kappa shape index (κ1) is 11.7. The molecule has 0 radical (unpaired) electrons. The monoisotopic (exact) mass is 227 g/mol. The molecule has 1 heterocycles. The average Bonchev–Trinajstić information content (AvgIpc) is 2.67. The van der Waals surface area contributed by atoms with Gasteiger partial charge in [-0.2, -0.15) is 0 Å². The summed E-state index contributed by atoms with van der Waals surface area (Å²) in [5, 5.41) is 10.4. The average molecular weight is 227 g/mol. The van der Waals surface area contributed by atoms with Gasteiger partial charge in [0.05, 0.1) is 6.04 Å². The lowest BCUT2D eigenvalue weighted by molar-refractivity contribution is -0.144. The molecular weight excluding hydrogens is 214 g/mol. The van der Waals surface area contributed by atoms with Crippen molar-refractivity contribution in [3.05, 3.63) is 22.4 Å². The molecular formula is C10H13NO3S. The quantitative estimate of drug-likeness (QED) is 0.797. The third-order valence-corrected chi connectivity index (χ3v) is 3.27. The minimum absolute atomic E-state index is 0.0724. The minimum Gasteiger partial charge on any atom is -0.481 e. The van der Waals surface area contributed by atoms with Crippen molar-refractivity contribution in [2.45, 2.75) is 19.4 Å². The number of hydrogen-bond acceptors (Lipinski definition) is 3. The fraction of sp³-hybridized carbons (Fsp3) is 0.400. The van der Waals surface area contributed by atoms with E-state index in [1.165, 1.54) is 4.90 Å². The predicted octanol–water partition coefficient (Wildman–Crippen LogP) is 1.74. The second-order valence-corrected chi connectivity index (χ2v) is 4.25. The number of hydrogen-bond donors (Lipinski definition) is 1. The Labute approximate surface area is 92.1 Å². The van der Waals surface area contributed by atoms with Crippen LogP contribution < -0.4 is 0 Å². The maximum Gasteiger partial charge on any atom is 0.312 e. The van der Waals surface area contributed by atoms with E-state index in [2.05, 4.69) is 0 Å². The molecule has 0 aliphatic carbocycles. The zero-order valence-corrected chi connectivity index (χ0v) is 9.45. The molecule has 1 aromatic rings. The summed E-state index contributed by atoms with van der Waals surface area (Å²) in [7, 11) is 1.62. The fourth-order valence-corrected chi connectivity index (χ4v) is 2.02. The molecule has 0 aliphatic rings. The van der Waals surface area contributed by atoms with Gasteiger partial charge in [0.1, 0.15) is 6.42 Å². The summed E-state index contributed by atoms with van der Waals surface area (Å²) in [6.45, 7) is 1.88. The lowest BCUT2D eigenvalue weighted by Crippen LogP contribution is -2.30. The van der Waals surface area contributed by atoms with Crippen LogP contribution in [-0.4, -0.2) is 28.9 Å². The fourth-order valence-electron chi connectivity index (χ4n) is 1.19. The van der Waals surface area contributed by atoms with Gasteiger partial charge in [-0.1, -0.05) is 6.07 Å². The lowest BCUT2D eigenvalue weighted by Gasteiger charge is -2.23. The Balaban J connectivity index is 2.64. The maximum atomic E-state index is 11.4. The van der Waals surface area contributed by atoms with Crippen LogP contribution in [0.25, 0.3) is 0 Å². The van der Waals surface area contributed by atoms with E-state index >= 15 is 0 Å². The van der Waals surface area contributed by atoms with Gasteiger partial charge in [0.25, 0.3) is 0 Å². The summed E-state index contributed by atoms with van der Waals surface area (Å²) in [5.74, 6) is -1.46. The molecule has 0 aliphatic heterocycles. The van der Waals surface area contributed by atoms with Crippen LogP contribution in [0, 0.1) is 0 Å². The Morgan fingerprint density at radius 2 is 2.27 bits per heavy atom. The van der Waals surface area contributed by atoms with Gasteiger partial charge in [-0.05, 0) is 18.4 Å². The van der Waals surface area contributed by atoms with Gasteiger partial charge in [-0.25, -0.2) is 0 Å². The lowest BCUT2D eigenvalue weighted by atomic mass is 10.2. The molecule has 0 saturated heterocycles. The Hall–Kier alpha value is -1.36. The first-order chi connectivity index (χ1) is 7.02. The number of carbonyl (C=O) groups excluding carboxylic acids is 1. The zero-order chi connectivity index (χ0) is 11.4. The number of aliphatic carboxylic acids is 1. The third-order valence-electron chi connectivity index (χ3n) is 2.23. The van der Waals surface area contributed by atoms with E-state index in [-0.39, 0.29) is 11.9 Å². The summed E-state index contributed by atoms with van der Waals surface area (Å²) in [6, 6.07) is 3.77. The molecule has 0 aromatic carbocycles. The van der Waals surface area contributed by atoms with Crippen LogP contribution in [0.2, 0.25) is 0 Å². The Bertz CT molecular complexity index is 348. The maximum absolute atomic E-state index is 11.4. The molecule has 1 rings (SSSR count). The van der Waals surface area contributed by atoms with Crippen molar-refractivity contribution in [2.24, 2.45) is 0 Å². The highest BCUT2D eigenvalue weighted by Gasteiger charge is 2.19. The Kier molecular flexibility index (Phi) is 3.85. The van der Waals surface area contributed by atoms with Crippen LogP contribution in [0.4, 0.5) is 0 Å². The smallest absolute Gasteiger partial charge is 0.312 e. The van der Waals surface area contributed by atoms with Gasteiger partial charge in [0.2, 0.25) is 5.91 Å². The number of carbonyl (C=O) groups is 2. The number of amides is 1. The van der Waals surface area contributed by atoms with Gasteiger partial charge < -0.3 is 10.0 Å². The van der Waals surface area contributed by atoms with E-state index < -0.39 is 12.4 Å². The molecule has 5 heteroatoms. The Morgan fingerprint density at radius 3 is 2.73 bits per heavy atom. The van der Waals surface area contributed by atoms with Crippen molar-refractivity contribution in [2.75, 3.05) is 7.05 Å². The minimum atomic E-state index is -1.09. The molecule has 1 atom stereocenters.